The minimum atomic E-state index is -4.75. The largest absolute Gasteiger partial charge is 0.469 e. The molecule has 1 unspecified atom stereocenters. The van der Waals surface area contributed by atoms with E-state index in [0.717, 1.165) is 64.2 Å². The van der Waals surface area contributed by atoms with Crippen molar-refractivity contribution in [3.8, 4) is 0 Å². The Morgan fingerprint density at radius 2 is 0.978 bits per heavy atom. The summed E-state index contributed by atoms with van der Waals surface area (Å²) in [5, 5.41) is 0. The summed E-state index contributed by atoms with van der Waals surface area (Å²) < 4.78 is 26.2. The van der Waals surface area contributed by atoms with E-state index in [0.29, 0.717) is 12.8 Å². The zero-order valence-electron chi connectivity index (χ0n) is 28.8. The maximum absolute atomic E-state index is 12.3. The third kappa shape index (κ3) is 35.2. The summed E-state index contributed by atoms with van der Waals surface area (Å²) in [5.74, 6) is -0.901. The lowest BCUT2D eigenvalue weighted by molar-refractivity contribution is -0.161. The quantitative estimate of drug-likeness (QED) is 0.0309. The van der Waals surface area contributed by atoms with E-state index in [-0.39, 0.29) is 19.4 Å². The monoisotopic (exact) mass is 658 g/mol. The number of ether oxygens (including phenoxy) is 2. The van der Waals surface area contributed by atoms with E-state index in [1.807, 2.05) is 0 Å². The Morgan fingerprint density at radius 1 is 0.556 bits per heavy atom. The van der Waals surface area contributed by atoms with Crippen LogP contribution >= 0.6 is 7.82 Å². The number of rotatable bonds is 33. The molecule has 0 bridgehead atoms. The first-order valence-corrected chi connectivity index (χ1v) is 19.7. The van der Waals surface area contributed by atoms with Crippen molar-refractivity contribution in [1.82, 2.24) is 0 Å². The molecule has 0 saturated carbocycles. The molecule has 0 aliphatic heterocycles. The molecule has 264 valence electrons. The van der Waals surface area contributed by atoms with Crippen molar-refractivity contribution in [3.63, 3.8) is 0 Å². The molecule has 1 atom stereocenters. The van der Waals surface area contributed by atoms with Gasteiger partial charge in [-0.15, -0.1) is 0 Å². The lowest BCUT2D eigenvalue weighted by atomic mass is 10.1. The molecular weight excluding hydrogens is 591 g/mol. The number of carbonyl (C=O) groups excluding carboxylic acids is 2. The van der Waals surface area contributed by atoms with Crippen LogP contribution < -0.4 is 0 Å². The molecule has 0 heterocycles. The van der Waals surface area contributed by atoms with E-state index in [2.05, 4.69) is 42.7 Å². The number of carbonyl (C=O) groups is 2. The molecule has 0 aromatic carbocycles. The van der Waals surface area contributed by atoms with Crippen LogP contribution in [0.3, 0.4) is 0 Å². The average Bonchev–Trinajstić information content (AvgIpc) is 3.00. The van der Waals surface area contributed by atoms with Gasteiger partial charge in [0.25, 0.3) is 0 Å². The highest BCUT2D eigenvalue weighted by Gasteiger charge is 2.22. The molecule has 0 saturated heterocycles. The van der Waals surface area contributed by atoms with Gasteiger partial charge in [-0.25, -0.2) is 4.57 Å². The summed E-state index contributed by atoms with van der Waals surface area (Å²) in [5.41, 5.74) is 0. The smallest absolute Gasteiger partial charge is 0.462 e. The Bertz CT molecular complexity index is 792. The van der Waals surface area contributed by atoms with E-state index in [9.17, 15) is 14.2 Å². The van der Waals surface area contributed by atoms with Gasteiger partial charge in [0.05, 0.1) is 6.61 Å². The van der Waals surface area contributed by atoms with Crippen LogP contribution in [0.2, 0.25) is 0 Å². The second-order valence-corrected chi connectivity index (χ2v) is 13.4. The first-order chi connectivity index (χ1) is 21.8. The summed E-state index contributed by atoms with van der Waals surface area (Å²) in [7, 11) is -4.75. The number of phosphoric acid groups is 1. The van der Waals surface area contributed by atoms with Crippen molar-refractivity contribution in [2.75, 3.05) is 13.2 Å². The highest BCUT2D eigenvalue weighted by molar-refractivity contribution is 7.46. The van der Waals surface area contributed by atoms with Gasteiger partial charge in [0.1, 0.15) is 6.61 Å². The summed E-state index contributed by atoms with van der Waals surface area (Å²) in [6.07, 6.45) is 34.8. The van der Waals surface area contributed by atoms with Crippen molar-refractivity contribution in [1.29, 1.82) is 0 Å². The fraction of sp³-hybridized carbons (Fsp3) is 0.833. The van der Waals surface area contributed by atoms with Crippen molar-refractivity contribution < 1.29 is 37.9 Å². The van der Waals surface area contributed by atoms with Crippen molar-refractivity contribution in [3.05, 3.63) is 24.3 Å². The van der Waals surface area contributed by atoms with Gasteiger partial charge in [0.15, 0.2) is 6.10 Å². The van der Waals surface area contributed by atoms with Crippen LogP contribution in [-0.2, 0) is 28.2 Å². The maximum atomic E-state index is 12.3. The SMILES string of the molecule is CCC/C=C\CCCCCCCC(=O)OCC(COP(=O)(O)O)OC(=O)CCCCCCCCC/C=C\CCCCCCCC. The minimum Gasteiger partial charge on any atom is -0.462 e. The van der Waals surface area contributed by atoms with Crippen LogP contribution in [0.15, 0.2) is 24.3 Å². The molecule has 0 aromatic rings. The molecule has 0 aliphatic rings. The third-order valence-electron chi connectivity index (χ3n) is 7.67. The molecule has 0 radical (unpaired) electrons. The molecule has 2 N–H and O–H groups in total. The Labute approximate surface area is 275 Å². The first-order valence-electron chi connectivity index (χ1n) is 18.1. The Kier molecular flexibility index (Phi) is 31.4. The Hall–Kier alpha value is -1.47. The number of hydrogen-bond acceptors (Lipinski definition) is 6. The second kappa shape index (κ2) is 32.5. The topological polar surface area (TPSA) is 119 Å². The Morgan fingerprint density at radius 3 is 1.44 bits per heavy atom. The summed E-state index contributed by atoms with van der Waals surface area (Å²) in [6, 6.07) is 0. The van der Waals surface area contributed by atoms with E-state index in [1.165, 1.54) is 70.6 Å². The van der Waals surface area contributed by atoms with Gasteiger partial charge in [-0.1, -0.05) is 128 Å². The molecule has 0 aromatic heterocycles. The predicted molar refractivity (Wildman–Crippen MR) is 184 cm³/mol. The van der Waals surface area contributed by atoms with E-state index in [1.54, 1.807) is 0 Å². The summed E-state index contributed by atoms with van der Waals surface area (Å²) in [4.78, 5) is 42.6. The molecule has 45 heavy (non-hydrogen) atoms. The summed E-state index contributed by atoms with van der Waals surface area (Å²) in [6.45, 7) is 3.59. The standard InChI is InChI=1S/C36H67O8P/c1-3-5-7-9-11-13-15-16-17-18-19-20-21-23-25-27-29-31-36(38)44-34(33-43-45(39,40)41)32-42-35(37)30-28-26-24-22-14-12-10-8-6-4-2/h8,10,16-17,34H,3-7,9,11-15,18-33H2,1-2H3,(H2,39,40,41)/b10-8-,17-16-. The van der Waals surface area contributed by atoms with Gasteiger partial charge in [-0.3, -0.25) is 14.1 Å². The minimum absolute atomic E-state index is 0.206. The molecule has 0 amide bonds. The van der Waals surface area contributed by atoms with Crippen molar-refractivity contribution in [2.45, 2.75) is 180 Å². The van der Waals surface area contributed by atoms with Crippen molar-refractivity contribution in [2.24, 2.45) is 0 Å². The maximum Gasteiger partial charge on any atom is 0.469 e. The molecule has 0 fully saturated rings. The number of allylic oxidation sites excluding steroid dienone is 4. The predicted octanol–water partition coefficient (Wildman–Crippen LogP) is 10.5. The number of unbranched alkanes of at least 4 members (excludes halogenated alkanes) is 19. The average molecular weight is 659 g/mol. The fourth-order valence-electron chi connectivity index (χ4n) is 4.96. The highest BCUT2D eigenvalue weighted by Crippen LogP contribution is 2.36. The number of esters is 2. The molecular formula is C36H67O8P. The van der Waals surface area contributed by atoms with E-state index in [4.69, 9.17) is 19.3 Å². The van der Waals surface area contributed by atoms with Crippen LogP contribution in [-0.4, -0.2) is 41.0 Å². The first kappa shape index (κ1) is 43.5. The van der Waals surface area contributed by atoms with Crippen LogP contribution in [0.4, 0.5) is 0 Å². The fourth-order valence-corrected chi connectivity index (χ4v) is 5.32. The molecule has 0 rings (SSSR count). The van der Waals surface area contributed by atoms with E-state index < -0.39 is 32.5 Å². The van der Waals surface area contributed by atoms with Gasteiger partial charge in [-0.2, -0.15) is 0 Å². The molecule has 8 nitrogen and oxygen atoms in total. The van der Waals surface area contributed by atoms with Crippen LogP contribution in [0, 0.1) is 0 Å². The van der Waals surface area contributed by atoms with Crippen LogP contribution in [0.5, 0.6) is 0 Å². The highest BCUT2D eigenvalue weighted by atomic mass is 31.2. The Balaban J connectivity index is 3.96. The molecule has 9 heteroatoms. The number of phosphoric ester groups is 1. The van der Waals surface area contributed by atoms with Gasteiger partial charge >= 0.3 is 19.8 Å². The normalized spacial score (nSPS) is 12.7. The molecule has 0 spiro atoms. The molecule has 0 aliphatic carbocycles. The summed E-state index contributed by atoms with van der Waals surface area (Å²) >= 11 is 0. The van der Waals surface area contributed by atoms with Gasteiger partial charge < -0.3 is 19.3 Å². The van der Waals surface area contributed by atoms with E-state index >= 15 is 0 Å². The zero-order chi connectivity index (χ0) is 33.3. The third-order valence-corrected chi connectivity index (χ3v) is 8.16. The zero-order valence-corrected chi connectivity index (χ0v) is 29.7. The lowest BCUT2D eigenvalue weighted by Crippen LogP contribution is -2.29. The van der Waals surface area contributed by atoms with Crippen LogP contribution in [0.25, 0.3) is 0 Å². The van der Waals surface area contributed by atoms with Gasteiger partial charge in [0, 0.05) is 12.8 Å². The number of hydrogen-bond donors (Lipinski definition) is 2. The van der Waals surface area contributed by atoms with Gasteiger partial charge in [0.2, 0.25) is 0 Å². The second-order valence-electron chi connectivity index (χ2n) is 12.2. The van der Waals surface area contributed by atoms with Gasteiger partial charge in [-0.05, 0) is 57.8 Å². The van der Waals surface area contributed by atoms with Crippen molar-refractivity contribution >= 4 is 19.8 Å². The van der Waals surface area contributed by atoms with Crippen LogP contribution in [0.1, 0.15) is 174 Å². The lowest BCUT2D eigenvalue weighted by Gasteiger charge is -2.18.